The summed E-state index contributed by atoms with van der Waals surface area (Å²) in [5.41, 5.74) is 5.34. The molecule has 6 nitrogen and oxygen atoms in total. The highest BCUT2D eigenvalue weighted by Gasteiger charge is 2.26. The average molecular weight is 170 g/mol. The summed E-state index contributed by atoms with van der Waals surface area (Å²) in [5.74, 6) is -0.156. The van der Waals surface area contributed by atoms with Crippen molar-refractivity contribution in [2.24, 2.45) is 0 Å². The van der Waals surface area contributed by atoms with Crippen LogP contribution in [0.3, 0.4) is 0 Å². The van der Waals surface area contributed by atoms with Crippen molar-refractivity contribution in [2.75, 3.05) is 12.5 Å². The molecule has 0 fully saturated rings. The number of aromatic nitrogens is 1. The van der Waals surface area contributed by atoms with Gasteiger partial charge in [0.2, 0.25) is 18.3 Å². The van der Waals surface area contributed by atoms with E-state index >= 15 is 0 Å². The highest BCUT2D eigenvalue weighted by atomic mass is 16.7. The highest BCUT2D eigenvalue weighted by molar-refractivity contribution is 5.58. The molecule has 2 heterocycles. The van der Waals surface area contributed by atoms with Gasteiger partial charge in [0.15, 0.2) is 0 Å². The largest absolute Gasteiger partial charge is 0.710 e. The van der Waals surface area contributed by atoms with Crippen molar-refractivity contribution in [2.45, 2.75) is 0 Å². The summed E-state index contributed by atoms with van der Waals surface area (Å²) < 4.78 is 10.0. The molecule has 12 heavy (non-hydrogen) atoms. The van der Waals surface area contributed by atoms with Crippen LogP contribution in [-0.2, 0) is 0 Å². The molecule has 0 saturated heterocycles. The molecule has 2 rings (SSSR count). The zero-order valence-electron chi connectivity index (χ0n) is 5.98. The van der Waals surface area contributed by atoms with E-state index in [0.29, 0.717) is 4.73 Å². The quantitative estimate of drug-likeness (QED) is 0.398. The highest BCUT2D eigenvalue weighted by Crippen LogP contribution is 2.41. The van der Waals surface area contributed by atoms with Crippen LogP contribution < -0.4 is 19.9 Å². The van der Waals surface area contributed by atoms with Crippen LogP contribution in [0.2, 0.25) is 0 Å². The average Bonchev–Trinajstić information content (AvgIpc) is 2.48. The second-order valence-corrected chi connectivity index (χ2v) is 2.29. The minimum atomic E-state index is -0.272. The standard InChI is InChI=1S/C6H6N2O4/c7-6-5-4(11-2-12-5)3(9)1-8(6)10/h1,9H,2,7H2. The Morgan fingerprint density at radius 3 is 2.92 bits per heavy atom. The first-order valence-electron chi connectivity index (χ1n) is 3.20. The minimum Gasteiger partial charge on any atom is -0.710 e. The molecule has 0 amide bonds. The van der Waals surface area contributed by atoms with Crippen molar-refractivity contribution in [3.63, 3.8) is 0 Å². The molecule has 0 spiro atoms. The van der Waals surface area contributed by atoms with Crippen LogP contribution in [0.4, 0.5) is 5.82 Å². The number of nitrogens with zero attached hydrogens (tertiary/aromatic N) is 1. The van der Waals surface area contributed by atoms with Crippen LogP contribution in [-0.4, -0.2) is 11.9 Å². The topological polar surface area (TPSA) is 91.7 Å². The van der Waals surface area contributed by atoms with Crippen LogP contribution in [0.25, 0.3) is 0 Å². The van der Waals surface area contributed by atoms with Crippen molar-refractivity contribution in [3.8, 4) is 17.2 Å². The van der Waals surface area contributed by atoms with Gasteiger partial charge in [-0.3, -0.25) is 5.73 Å². The van der Waals surface area contributed by atoms with E-state index in [9.17, 15) is 5.21 Å². The van der Waals surface area contributed by atoms with Crippen LogP contribution >= 0.6 is 0 Å². The van der Waals surface area contributed by atoms with Gasteiger partial charge in [0.1, 0.15) is 6.20 Å². The molecule has 0 atom stereocenters. The van der Waals surface area contributed by atoms with E-state index in [-0.39, 0.29) is 29.9 Å². The molecule has 1 aromatic heterocycles. The van der Waals surface area contributed by atoms with Crippen molar-refractivity contribution in [3.05, 3.63) is 11.4 Å². The van der Waals surface area contributed by atoms with Crippen molar-refractivity contribution < 1.29 is 19.3 Å². The first kappa shape index (κ1) is 6.84. The number of anilines is 1. The molecule has 0 bridgehead atoms. The molecule has 3 N–H and O–H groups in total. The summed E-state index contributed by atoms with van der Waals surface area (Å²) in [5, 5.41) is 20.1. The lowest BCUT2D eigenvalue weighted by molar-refractivity contribution is -0.590. The van der Waals surface area contributed by atoms with E-state index < -0.39 is 0 Å². The van der Waals surface area contributed by atoms with Gasteiger partial charge >= 0.3 is 5.82 Å². The lowest BCUT2D eigenvalue weighted by Crippen LogP contribution is -2.29. The fourth-order valence-electron chi connectivity index (χ4n) is 0.998. The number of pyridine rings is 1. The number of ether oxygens (including phenoxy) is 2. The summed E-state index contributed by atoms with van der Waals surface area (Å²) in [7, 11) is 0. The smallest absolute Gasteiger partial charge is 0.322 e. The number of hydrogen-bond donors (Lipinski definition) is 2. The Morgan fingerprint density at radius 2 is 2.17 bits per heavy atom. The summed E-state index contributed by atoms with van der Waals surface area (Å²) in [6.07, 6.45) is 0.919. The van der Waals surface area contributed by atoms with Gasteiger partial charge in [-0.1, -0.05) is 0 Å². The normalized spacial score (nSPS) is 13.3. The van der Waals surface area contributed by atoms with E-state index in [1.807, 2.05) is 0 Å². The van der Waals surface area contributed by atoms with Crippen molar-refractivity contribution in [1.82, 2.24) is 0 Å². The molecule has 1 aliphatic heterocycles. The van der Waals surface area contributed by atoms with Crippen LogP contribution in [0.5, 0.6) is 17.2 Å². The van der Waals surface area contributed by atoms with Gasteiger partial charge in [0.25, 0.3) is 5.75 Å². The molecule has 6 heteroatoms. The molecule has 1 aliphatic rings. The van der Waals surface area contributed by atoms with Gasteiger partial charge in [-0.25, -0.2) is 4.73 Å². The van der Waals surface area contributed by atoms with Crippen LogP contribution in [0, 0.1) is 5.21 Å². The fourth-order valence-corrected chi connectivity index (χ4v) is 0.998. The first-order valence-corrected chi connectivity index (χ1v) is 3.20. The van der Waals surface area contributed by atoms with Gasteiger partial charge in [-0.05, 0) is 0 Å². The Hall–Kier alpha value is -1.85. The fraction of sp³-hybridized carbons (Fsp3) is 0.167. The summed E-state index contributed by atoms with van der Waals surface area (Å²) in [6, 6.07) is 0. The molecule has 0 radical (unpaired) electrons. The number of aromatic hydroxyl groups is 1. The number of hydrogen-bond acceptors (Lipinski definition) is 5. The van der Waals surface area contributed by atoms with Crippen molar-refractivity contribution >= 4 is 5.82 Å². The molecule has 0 unspecified atom stereocenters. The second-order valence-electron chi connectivity index (χ2n) is 2.29. The van der Waals surface area contributed by atoms with Gasteiger partial charge in [-0.15, -0.1) is 0 Å². The molecule has 1 aromatic rings. The third kappa shape index (κ3) is 0.714. The Bertz CT molecular complexity index is 339. The Balaban J connectivity index is 2.69. The molecular formula is C6H6N2O4. The lowest BCUT2D eigenvalue weighted by atomic mass is 10.3. The molecule has 0 aliphatic carbocycles. The maximum Gasteiger partial charge on any atom is 0.322 e. The maximum absolute atomic E-state index is 10.9. The third-order valence-electron chi connectivity index (χ3n) is 1.56. The Labute approximate surface area is 67.3 Å². The number of fused-ring (bicyclic) bond motifs is 1. The van der Waals surface area contributed by atoms with Crippen molar-refractivity contribution in [1.29, 1.82) is 0 Å². The zero-order valence-corrected chi connectivity index (χ0v) is 5.98. The summed E-state index contributed by atoms with van der Waals surface area (Å²) in [6.45, 7) is -0.0306. The monoisotopic (exact) mass is 170 g/mol. The molecule has 0 saturated carbocycles. The van der Waals surface area contributed by atoms with E-state index in [1.54, 1.807) is 0 Å². The SMILES string of the molecule is Nc1c2c(c(O)c[n+]1[O-])OCO2. The Kier molecular flexibility index (Phi) is 1.18. The van der Waals surface area contributed by atoms with Gasteiger partial charge in [0.05, 0.1) is 0 Å². The predicted molar refractivity (Wildman–Crippen MR) is 37.6 cm³/mol. The van der Waals surface area contributed by atoms with E-state index in [4.69, 9.17) is 20.3 Å². The number of nitrogens with two attached hydrogens (primary N) is 1. The van der Waals surface area contributed by atoms with Gasteiger partial charge in [-0.2, -0.15) is 0 Å². The third-order valence-corrected chi connectivity index (χ3v) is 1.56. The summed E-state index contributed by atoms with van der Waals surface area (Å²) >= 11 is 0. The Morgan fingerprint density at radius 1 is 1.50 bits per heavy atom. The second kappa shape index (κ2) is 2.07. The molecule has 64 valence electrons. The van der Waals surface area contributed by atoms with Crippen LogP contribution in [0.1, 0.15) is 0 Å². The predicted octanol–water partition coefficient (Wildman–Crippen LogP) is -0.664. The lowest BCUT2D eigenvalue weighted by Gasteiger charge is -2.06. The molecule has 0 aromatic carbocycles. The minimum absolute atomic E-state index is 0.0306. The van der Waals surface area contributed by atoms with Crippen LogP contribution in [0.15, 0.2) is 6.20 Å². The number of nitrogen functional groups attached to an aromatic ring is 1. The maximum atomic E-state index is 10.9. The number of rotatable bonds is 0. The molecular weight excluding hydrogens is 164 g/mol. The summed E-state index contributed by atoms with van der Waals surface area (Å²) in [4.78, 5) is 0. The zero-order chi connectivity index (χ0) is 8.72. The van der Waals surface area contributed by atoms with Gasteiger partial charge in [0, 0.05) is 0 Å². The van der Waals surface area contributed by atoms with E-state index in [2.05, 4.69) is 0 Å². The van der Waals surface area contributed by atoms with E-state index in [1.165, 1.54) is 0 Å². The first-order chi connectivity index (χ1) is 5.70. The van der Waals surface area contributed by atoms with Gasteiger partial charge < -0.3 is 19.8 Å². The van der Waals surface area contributed by atoms with E-state index in [0.717, 1.165) is 6.20 Å².